The van der Waals surface area contributed by atoms with E-state index >= 15 is 0 Å². The second-order valence-corrected chi connectivity index (χ2v) is 6.87. The van der Waals surface area contributed by atoms with Crippen LogP contribution in [0.5, 0.6) is 5.75 Å². The summed E-state index contributed by atoms with van der Waals surface area (Å²) >= 11 is 0. The van der Waals surface area contributed by atoms with Crippen LogP contribution < -0.4 is 9.64 Å². The zero-order valence-corrected chi connectivity index (χ0v) is 15.9. The molecule has 0 N–H and O–H groups in total. The Morgan fingerprint density at radius 2 is 1.85 bits per heavy atom. The first-order valence-corrected chi connectivity index (χ1v) is 8.93. The Balaban J connectivity index is 1.95. The number of nitrogens with zero attached hydrogens (tertiary/aromatic N) is 4. The van der Waals surface area contributed by atoms with Crippen molar-refractivity contribution in [3.8, 4) is 16.9 Å². The summed E-state index contributed by atoms with van der Waals surface area (Å²) in [5, 5.41) is 0. The van der Waals surface area contributed by atoms with Crippen molar-refractivity contribution in [2.45, 2.75) is 25.7 Å². The van der Waals surface area contributed by atoms with Crippen molar-refractivity contribution in [2.75, 3.05) is 39.2 Å². The average Bonchev–Trinajstić information content (AvgIpc) is 2.67. The van der Waals surface area contributed by atoms with Crippen molar-refractivity contribution in [1.29, 1.82) is 0 Å². The van der Waals surface area contributed by atoms with Crippen LogP contribution in [0.3, 0.4) is 0 Å². The zero-order valence-electron chi connectivity index (χ0n) is 15.9. The number of carbonyl (C=O) groups is 1. The van der Waals surface area contributed by atoms with E-state index in [1.807, 2.05) is 54.4 Å². The van der Waals surface area contributed by atoms with E-state index in [9.17, 15) is 4.79 Å². The number of hydrogen-bond donors (Lipinski definition) is 0. The Labute approximate surface area is 154 Å². The Bertz CT molecular complexity index is 766. The highest BCUT2D eigenvalue weighted by molar-refractivity contribution is 5.73. The standard InChI is InChI=1S/C20H26N4O2/c1-14(25)24-11-9-16(10-12-24)19-18(13-21-20(22-19)23(2)3)15-5-7-17(26-4)8-6-15/h5-8,13,16H,9-12H2,1-4H3. The van der Waals surface area contributed by atoms with Crippen LogP contribution in [0.4, 0.5) is 5.95 Å². The number of rotatable bonds is 4. The Kier molecular flexibility index (Phi) is 5.40. The predicted octanol–water partition coefficient (Wildman–Crippen LogP) is 2.94. The number of methoxy groups -OCH3 is 1. The summed E-state index contributed by atoms with van der Waals surface area (Å²) in [5.41, 5.74) is 3.21. The molecule has 1 aliphatic heterocycles. The fourth-order valence-corrected chi connectivity index (χ4v) is 3.37. The van der Waals surface area contributed by atoms with E-state index in [4.69, 9.17) is 9.72 Å². The van der Waals surface area contributed by atoms with Crippen molar-refractivity contribution in [1.82, 2.24) is 14.9 Å². The summed E-state index contributed by atoms with van der Waals surface area (Å²) in [6.07, 6.45) is 3.76. The minimum Gasteiger partial charge on any atom is -0.497 e. The van der Waals surface area contributed by atoms with Gasteiger partial charge in [-0.2, -0.15) is 0 Å². The maximum Gasteiger partial charge on any atom is 0.225 e. The Morgan fingerprint density at radius 1 is 1.19 bits per heavy atom. The molecule has 1 fully saturated rings. The molecular formula is C20H26N4O2. The van der Waals surface area contributed by atoms with Gasteiger partial charge in [-0.3, -0.25) is 4.79 Å². The number of carbonyl (C=O) groups excluding carboxylic acids is 1. The van der Waals surface area contributed by atoms with E-state index in [1.54, 1.807) is 14.0 Å². The molecule has 2 heterocycles. The molecule has 6 heteroatoms. The molecule has 3 rings (SSSR count). The van der Waals surface area contributed by atoms with Gasteiger partial charge in [0.25, 0.3) is 0 Å². The van der Waals surface area contributed by atoms with E-state index in [0.717, 1.165) is 48.5 Å². The fraction of sp³-hybridized carbons (Fsp3) is 0.450. The Morgan fingerprint density at radius 3 is 2.38 bits per heavy atom. The number of likely N-dealkylation sites (tertiary alicyclic amines) is 1. The monoisotopic (exact) mass is 354 g/mol. The normalized spacial score (nSPS) is 15.0. The molecule has 1 aromatic carbocycles. The molecule has 0 radical (unpaired) electrons. The minimum atomic E-state index is 0.149. The topological polar surface area (TPSA) is 58.6 Å². The number of hydrogen-bond acceptors (Lipinski definition) is 5. The van der Waals surface area contributed by atoms with Crippen LogP contribution in [0.2, 0.25) is 0 Å². The molecule has 0 bridgehead atoms. The summed E-state index contributed by atoms with van der Waals surface area (Å²) < 4.78 is 5.26. The lowest BCUT2D eigenvalue weighted by Crippen LogP contribution is -2.36. The van der Waals surface area contributed by atoms with E-state index in [-0.39, 0.29) is 5.91 Å². The molecule has 138 valence electrons. The van der Waals surface area contributed by atoms with Crippen molar-refractivity contribution >= 4 is 11.9 Å². The SMILES string of the molecule is COc1ccc(-c2cnc(N(C)C)nc2C2CCN(C(C)=O)CC2)cc1. The smallest absolute Gasteiger partial charge is 0.225 e. The van der Waals surface area contributed by atoms with Crippen molar-refractivity contribution in [3.05, 3.63) is 36.2 Å². The first-order valence-electron chi connectivity index (χ1n) is 8.93. The number of anilines is 1. The van der Waals surface area contributed by atoms with E-state index in [2.05, 4.69) is 4.98 Å². The molecule has 1 aromatic heterocycles. The summed E-state index contributed by atoms with van der Waals surface area (Å²) in [6, 6.07) is 8.00. The van der Waals surface area contributed by atoms with Gasteiger partial charge >= 0.3 is 0 Å². The van der Waals surface area contributed by atoms with Gasteiger partial charge < -0.3 is 14.5 Å². The van der Waals surface area contributed by atoms with Crippen LogP contribution in [0, 0.1) is 0 Å². The molecule has 1 amide bonds. The predicted molar refractivity (Wildman–Crippen MR) is 103 cm³/mol. The second-order valence-electron chi connectivity index (χ2n) is 6.87. The summed E-state index contributed by atoms with van der Waals surface area (Å²) in [7, 11) is 5.56. The van der Waals surface area contributed by atoms with Gasteiger partial charge in [0.2, 0.25) is 11.9 Å². The van der Waals surface area contributed by atoms with E-state index < -0.39 is 0 Å². The van der Waals surface area contributed by atoms with Crippen LogP contribution in [-0.4, -0.2) is 55.1 Å². The maximum atomic E-state index is 11.6. The summed E-state index contributed by atoms with van der Waals surface area (Å²) in [5.74, 6) is 2.02. The van der Waals surface area contributed by atoms with Crippen LogP contribution in [0.25, 0.3) is 11.1 Å². The van der Waals surface area contributed by atoms with Gasteiger partial charge in [0.15, 0.2) is 0 Å². The number of benzene rings is 1. The third kappa shape index (κ3) is 3.79. The molecule has 1 saturated heterocycles. The summed E-state index contributed by atoms with van der Waals surface area (Å²) in [6.45, 7) is 3.20. The van der Waals surface area contributed by atoms with Crippen LogP contribution >= 0.6 is 0 Å². The largest absolute Gasteiger partial charge is 0.497 e. The second kappa shape index (κ2) is 7.72. The molecule has 0 unspecified atom stereocenters. The molecule has 0 saturated carbocycles. The highest BCUT2D eigenvalue weighted by Gasteiger charge is 2.26. The van der Waals surface area contributed by atoms with E-state index in [0.29, 0.717) is 11.9 Å². The van der Waals surface area contributed by atoms with Crippen LogP contribution in [-0.2, 0) is 4.79 Å². The molecular weight excluding hydrogens is 328 g/mol. The van der Waals surface area contributed by atoms with Gasteiger partial charge in [0.1, 0.15) is 5.75 Å². The minimum absolute atomic E-state index is 0.149. The highest BCUT2D eigenvalue weighted by Crippen LogP contribution is 2.35. The van der Waals surface area contributed by atoms with Gasteiger partial charge in [0.05, 0.1) is 12.8 Å². The lowest BCUT2D eigenvalue weighted by atomic mass is 9.89. The van der Waals surface area contributed by atoms with Gasteiger partial charge in [-0.1, -0.05) is 12.1 Å². The lowest BCUT2D eigenvalue weighted by Gasteiger charge is -2.32. The fourth-order valence-electron chi connectivity index (χ4n) is 3.37. The third-order valence-corrected chi connectivity index (χ3v) is 4.93. The molecule has 1 aliphatic rings. The molecule has 2 aromatic rings. The quantitative estimate of drug-likeness (QED) is 0.845. The Hall–Kier alpha value is -2.63. The van der Waals surface area contributed by atoms with Crippen LogP contribution in [0.15, 0.2) is 30.5 Å². The first-order chi connectivity index (χ1) is 12.5. The number of amides is 1. The number of aromatic nitrogens is 2. The number of ether oxygens (including phenoxy) is 1. The zero-order chi connectivity index (χ0) is 18.7. The van der Waals surface area contributed by atoms with Crippen molar-refractivity contribution < 1.29 is 9.53 Å². The molecule has 0 aliphatic carbocycles. The molecule has 26 heavy (non-hydrogen) atoms. The van der Waals surface area contributed by atoms with Gasteiger partial charge in [0, 0.05) is 51.8 Å². The van der Waals surface area contributed by atoms with Crippen LogP contribution in [0.1, 0.15) is 31.4 Å². The van der Waals surface area contributed by atoms with Crippen molar-refractivity contribution in [3.63, 3.8) is 0 Å². The third-order valence-electron chi connectivity index (χ3n) is 4.93. The lowest BCUT2D eigenvalue weighted by molar-refractivity contribution is -0.129. The maximum absolute atomic E-state index is 11.6. The highest BCUT2D eigenvalue weighted by atomic mass is 16.5. The van der Waals surface area contributed by atoms with Crippen molar-refractivity contribution in [2.24, 2.45) is 0 Å². The molecule has 0 atom stereocenters. The van der Waals surface area contributed by atoms with Gasteiger partial charge in [-0.25, -0.2) is 9.97 Å². The number of piperidine rings is 1. The summed E-state index contributed by atoms with van der Waals surface area (Å²) in [4.78, 5) is 24.8. The van der Waals surface area contributed by atoms with Gasteiger partial charge in [-0.05, 0) is 30.5 Å². The van der Waals surface area contributed by atoms with E-state index in [1.165, 1.54) is 0 Å². The average molecular weight is 354 g/mol. The molecule has 0 spiro atoms. The first kappa shape index (κ1) is 18.2. The molecule has 6 nitrogen and oxygen atoms in total. The van der Waals surface area contributed by atoms with Gasteiger partial charge in [-0.15, -0.1) is 0 Å².